The third kappa shape index (κ3) is 7.60. The third-order valence-electron chi connectivity index (χ3n) is 2.97. The maximum atomic E-state index is 11.7. The van der Waals surface area contributed by atoms with Gasteiger partial charge in [-0.05, 0) is 12.5 Å². The number of Topliss-reactive ketones (excluding diaryl/α,β-unsaturated/α-hetero) is 1. The fourth-order valence-corrected chi connectivity index (χ4v) is 2.09. The van der Waals surface area contributed by atoms with Crippen molar-refractivity contribution < 1.29 is 28.6 Å². The minimum Gasteiger partial charge on any atom is -0.466 e. The molecule has 0 bridgehead atoms. The minimum absolute atomic E-state index is 0.121. The summed E-state index contributed by atoms with van der Waals surface area (Å²) in [5.41, 5.74) is 0.837. The van der Waals surface area contributed by atoms with Crippen LogP contribution in [0.25, 0.3) is 0 Å². The Kier molecular flexibility index (Phi) is 7.08. The molecule has 0 saturated carbocycles. The summed E-state index contributed by atoms with van der Waals surface area (Å²) < 4.78 is 15.5. The molecule has 1 rings (SSSR count). The van der Waals surface area contributed by atoms with Crippen LogP contribution in [-0.4, -0.2) is 43.1 Å². The highest BCUT2D eigenvalue weighted by Gasteiger charge is 2.26. The van der Waals surface area contributed by atoms with Crippen molar-refractivity contribution in [2.24, 2.45) is 0 Å². The first kappa shape index (κ1) is 17.4. The van der Waals surface area contributed by atoms with Gasteiger partial charge in [-0.25, -0.2) is 0 Å². The molecule has 118 valence electrons. The number of ether oxygens (including phenoxy) is 3. The van der Waals surface area contributed by atoms with Gasteiger partial charge in [0.25, 0.3) is 0 Å². The van der Waals surface area contributed by atoms with E-state index in [1.54, 1.807) is 6.08 Å². The predicted molar refractivity (Wildman–Crippen MR) is 74.5 cm³/mol. The largest absolute Gasteiger partial charge is 0.466 e. The van der Waals surface area contributed by atoms with Crippen molar-refractivity contribution in [3.8, 4) is 0 Å². The van der Waals surface area contributed by atoms with Crippen LogP contribution in [0.1, 0.15) is 40.0 Å². The van der Waals surface area contributed by atoms with Crippen molar-refractivity contribution >= 4 is 17.7 Å². The molecule has 2 atom stereocenters. The summed E-state index contributed by atoms with van der Waals surface area (Å²) in [5, 5.41) is 0. The molecule has 0 N–H and O–H groups in total. The molecule has 6 heteroatoms. The minimum atomic E-state index is -0.345. The molecule has 0 aromatic heterocycles. The summed E-state index contributed by atoms with van der Waals surface area (Å²) in [5.74, 6) is -0.566. The van der Waals surface area contributed by atoms with E-state index in [1.807, 2.05) is 6.92 Å². The average molecular weight is 298 g/mol. The molecule has 0 aliphatic carbocycles. The van der Waals surface area contributed by atoms with Gasteiger partial charge in [0, 0.05) is 33.1 Å². The average Bonchev–Trinajstić information content (AvgIpc) is 2.35. The van der Waals surface area contributed by atoms with Crippen molar-refractivity contribution in [2.75, 3.05) is 13.2 Å². The van der Waals surface area contributed by atoms with Crippen molar-refractivity contribution in [2.45, 2.75) is 52.2 Å². The van der Waals surface area contributed by atoms with Gasteiger partial charge in [-0.2, -0.15) is 0 Å². The van der Waals surface area contributed by atoms with Gasteiger partial charge in [0.05, 0.1) is 18.8 Å². The van der Waals surface area contributed by atoms with Crippen LogP contribution >= 0.6 is 0 Å². The van der Waals surface area contributed by atoms with E-state index in [-0.39, 0.29) is 43.1 Å². The van der Waals surface area contributed by atoms with Crippen LogP contribution in [0.15, 0.2) is 11.6 Å². The molecule has 21 heavy (non-hydrogen) atoms. The Hall–Kier alpha value is -1.69. The molecular weight excluding hydrogens is 276 g/mol. The fourth-order valence-electron chi connectivity index (χ4n) is 2.09. The monoisotopic (exact) mass is 298 g/mol. The quantitative estimate of drug-likeness (QED) is 0.547. The Morgan fingerprint density at radius 2 is 1.86 bits per heavy atom. The van der Waals surface area contributed by atoms with Crippen molar-refractivity contribution in [3.05, 3.63) is 11.6 Å². The topological polar surface area (TPSA) is 78.9 Å². The molecule has 1 aliphatic rings. The van der Waals surface area contributed by atoms with Gasteiger partial charge < -0.3 is 14.2 Å². The van der Waals surface area contributed by atoms with Crippen molar-refractivity contribution in [1.29, 1.82) is 0 Å². The maximum Gasteiger partial charge on any atom is 0.302 e. The highest BCUT2D eigenvalue weighted by molar-refractivity contribution is 5.80. The molecule has 1 heterocycles. The van der Waals surface area contributed by atoms with Crippen LogP contribution in [-0.2, 0) is 28.6 Å². The van der Waals surface area contributed by atoms with Crippen LogP contribution in [0, 0.1) is 0 Å². The number of ketones is 1. The first-order chi connectivity index (χ1) is 9.86. The number of hydrogen-bond acceptors (Lipinski definition) is 6. The number of rotatable bonds is 6. The maximum absolute atomic E-state index is 11.7. The molecule has 0 radical (unpaired) electrons. The lowest BCUT2D eigenvalue weighted by Gasteiger charge is -2.27. The smallest absolute Gasteiger partial charge is 0.302 e. The molecule has 1 aliphatic heterocycles. The van der Waals surface area contributed by atoms with Gasteiger partial charge in [0.2, 0.25) is 0 Å². The lowest BCUT2D eigenvalue weighted by atomic mass is 9.99. The molecule has 0 aromatic rings. The van der Waals surface area contributed by atoms with Crippen LogP contribution in [0.4, 0.5) is 0 Å². The number of carbonyl (C=O) groups is 3. The molecule has 0 amide bonds. The molecule has 0 aromatic carbocycles. The van der Waals surface area contributed by atoms with E-state index in [1.165, 1.54) is 13.8 Å². The summed E-state index contributed by atoms with van der Waals surface area (Å²) in [6.07, 6.45) is 2.41. The number of esters is 2. The van der Waals surface area contributed by atoms with E-state index >= 15 is 0 Å². The molecule has 1 saturated heterocycles. The van der Waals surface area contributed by atoms with Crippen molar-refractivity contribution in [3.63, 3.8) is 0 Å². The predicted octanol–water partition coefficient (Wildman–Crippen LogP) is 1.57. The molecule has 6 nitrogen and oxygen atoms in total. The highest BCUT2D eigenvalue weighted by Crippen LogP contribution is 2.20. The normalized spacial score (nSPS) is 22.8. The SMILES string of the molecule is CC(=O)OCC[C@@H]1CC(=O)C[C@H](/C=C(\C)COC(C)=O)O1. The first-order valence-corrected chi connectivity index (χ1v) is 6.98. The first-order valence-electron chi connectivity index (χ1n) is 6.98. The molecule has 0 spiro atoms. The lowest BCUT2D eigenvalue weighted by molar-refractivity contribution is -0.144. The second kappa shape index (κ2) is 8.56. The van der Waals surface area contributed by atoms with Gasteiger partial charge >= 0.3 is 11.9 Å². The van der Waals surface area contributed by atoms with E-state index in [2.05, 4.69) is 0 Å². The molecular formula is C15H22O6. The lowest BCUT2D eigenvalue weighted by Crippen LogP contribution is -2.33. The van der Waals surface area contributed by atoms with Gasteiger partial charge in [-0.3, -0.25) is 14.4 Å². The Morgan fingerprint density at radius 3 is 2.48 bits per heavy atom. The van der Waals surface area contributed by atoms with E-state index in [4.69, 9.17) is 14.2 Å². The summed E-state index contributed by atoms with van der Waals surface area (Å²) >= 11 is 0. The standard InChI is InChI=1S/C15H22O6/c1-10(9-20-12(3)17)6-15-8-13(18)7-14(21-15)4-5-19-11(2)16/h6,14-15H,4-5,7-9H2,1-3H3/b10-6+/t14-,15+/m1/s1. The Bertz CT molecular complexity index is 426. The van der Waals surface area contributed by atoms with E-state index in [9.17, 15) is 14.4 Å². The van der Waals surface area contributed by atoms with Gasteiger partial charge in [-0.15, -0.1) is 0 Å². The van der Waals surface area contributed by atoms with E-state index in [0.29, 0.717) is 19.3 Å². The van der Waals surface area contributed by atoms with E-state index < -0.39 is 0 Å². The van der Waals surface area contributed by atoms with Gasteiger partial charge in [0.1, 0.15) is 12.4 Å². The van der Waals surface area contributed by atoms with Gasteiger partial charge in [0.15, 0.2) is 0 Å². The van der Waals surface area contributed by atoms with Crippen LogP contribution in [0.3, 0.4) is 0 Å². The van der Waals surface area contributed by atoms with Crippen LogP contribution in [0.2, 0.25) is 0 Å². The number of carbonyl (C=O) groups excluding carboxylic acids is 3. The van der Waals surface area contributed by atoms with Crippen LogP contribution < -0.4 is 0 Å². The van der Waals surface area contributed by atoms with Gasteiger partial charge in [-0.1, -0.05) is 6.08 Å². The van der Waals surface area contributed by atoms with E-state index in [0.717, 1.165) is 5.57 Å². The number of hydrogen-bond donors (Lipinski definition) is 0. The second-order valence-corrected chi connectivity index (χ2v) is 5.17. The van der Waals surface area contributed by atoms with Crippen molar-refractivity contribution in [1.82, 2.24) is 0 Å². The zero-order chi connectivity index (χ0) is 15.8. The Balaban J connectivity index is 2.47. The summed E-state index contributed by atoms with van der Waals surface area (Å²) in [4.78, 5) is 33.2. The second-order valence-electron chi connectivity index (χ2n) is 5.17. The fraction of sp³-hybridized carbons (Fsp3) is 0.667. The summed E-state index contributed by atoms with van der Waals surface area (Å²) in [6.45, 7) is 4.95. The highest BCUT2D eigenvalue weighted by atomic mass is 16.5. The zero-order valence-corrected chi connectivity index (χ0v) is 12.7. The zero-order valence-electron chi connectivity index (χ0n) is 12.7. The van der Waals surface area contributed by atoms with Crippen LogP contribution in [0.5, 0.6) is 0 Å². The third-order valence-corrected chi connectivity index (χ3v) is 2.97. The summed E-state index contributed by atoms with van der Waals surface area (Å²) in [6, 6.07) is 0. The summed E-state index contributed by atoms with van der Waals surface area (Å²) in [7, 11) is 0. The molecule has 1 fully saturated rings. The Morgan fingerprint density at radius 1 is 1.19 bits per heavy atom. The Labute approximate surface area is 124 Å². The molecule has 0 unspecified atom stereocenters.